The normalized spacial score (nSPS) is 16.0. The monoisotopic (exact) mass is 241 g/mol. The zero-order valence-electron chi connectivity index (χ0n) is 9.84. The first kappa shape index (κ1) is 11.6. The van der Waals surface area contributed by atoms with Gasteiger partial charge in [0, 0.05) is 27.2 Å². The van der Waals surface area contributed by atoms with Gasteiger partial charge in [-0.05, 0) is 0 Å². The molecule has 1 aliphatic heterocycles. The molecule has 0 unspecified atom stereocenters. The van der Waals surface area contributed by atoms with Crippen molar-refractivity contribution in [1.82, 2.24) is 9.78 Å². The Balaban J connectivity index is 2.43. The number of aromatic nitrogens is 2. The summed E-state index contributed by atoms with van der Waals surface area (Å²) >= 11 is 0. The van der Waals surface area contributed by atoms with E-state index in [-0.39, 0.29) is 5.69 Å². The lowest BCUT2D eigenvalue weighted by molar-refractivity contribution is -0.383. The van der Waals surface area contributed by atoms with Crippen LogP contribution in [0.3, 0.4) is 0 Å². The quantitative estimate of drug-likeness (QED) is 0.601. The van der Waals surface area contributed by atoms with E-state index in [2.05, 4.69) is 10.4 Å². The fraction of sp³-hybridized carbons (Fsp3) is 0.667. The molecule has 0 bridgehead atoms. The van der Waals surface area contributed by atoms with Crippen LogP contribution in [0.25, 0.3) is 0 Å². The second-order valence-corrected chi connectivity index (χ2v) is 3.75. The van der Waals surface area contributed by atoms with E-state index in [1.807, 2.05) is 4.90 Å². The van der Waals surface area contributed by atoms with E-state index in [1.165, 1.54) is 4.68 Å². The Hall–Kier alpha value is -1.83. The highest BCUT2D eigenvalue weighted by molar-refractivity contribution is 5.71. The second kappa shape index (κ2) is 4.58. The molecular formula is C9H15N5O3. The molecule has 94 valence electrons. The van der Waals surface area contributed by atoms with Crippen LogP contribution in [0.15, 0.2) is 0 Å². The molecule has 0 saturated carbocycles. The van der Waals surface area contributed by atoms with E-state index in [1.54, 1.807) is 14.1 Å². The number of nitrogens with zero attached hydrogens (tertiary/aromatic N) is 4. The number of ether oxygens (including phenoxy) is 1. The number of aryl methyl sites for hydroxylation is 1. The maximum Gasteiger partial charge on any atom is 0.354 e. The van der Waals surface area contributed by atoms with E-state index in [4.69, 9.17) is 4.74 Å². The molecule has 0 aromatic carbocycles. The van der Waals surface area contributed by atoms with Gasteiger partial charge in [0.05, 0.1) is 18.1 Å². The van der Waals surface area contributed by atoms with Crippen molar-refractivity contribution in [2.24, 2.45) is 7.05 Å². The van der Waals surface area contributed by atoms with Gasteiger partial charge in [0.15, 0.2) is 0 Å². The van der Waals surface area contributed by atoms with E-state index >= 15 is 0 Å². The van der Waals surface area contributed by atoms with Crippen molar-refractivity contribution in [2.75, 3.05) is 43.6 Å². The first-order valence-electron chi connectivity index (χ1n) is 5.37. The van der Waals surface area contributed by atoms with Gasteiger partial charge < -0.3 is 15.0 Å². The van der Waals surface area contributed by atoms with E-state index in [0.717, 1.165) is 0 Å². The van der Waals surface area contributed by atoms with Crippen LogP contribution in [-0.4, -0.2) is 48.1 Å². The highest BCUT2D eigenvalue weighted by Gasteiger charge is 2.30. The number of rotatable bonds is 3. The van der Waals surface area contributed by atoms with Crippen molar-refractivity contribution in [2.45, 2.75) is 0 Å². The summed E-state index contributed by atoms with van der Waals surface area (Å²) in [6, 6.07) is 0. The zero-order valence-corrected chi connectivity index (χ0v) is 9.84. The molecule has 0 atom stereocenters. The van der Waals surface area contributed by atoms with Gasteiger partial charge in [0.25, 0.3) is 0 Å². The molecule has 8 heteroatoms. The number of morpholine rings is 1. The SMILES string of the molecule is CNc1nn(C)c(N2CCOCC2)c1[N+](=O)[O-]. The summed E-state index contributed by atoms with van der Waals surface area (Å²) in [5, 5.41) is 18.0. The maximum absolute atomic E-state index is 11.1. The van der Waals surface area contributed by atoms with E-state index in [0.29, 0.717) is 37.9 Å². The lowest BCUT2D eigenvalue weighted by Gasteiger charge is -2.27. The Labute approximate surface area is 98.3 Å². The van der Waals surface area contributed by atoms with Gasteiger partial charge in [0.2, 0.25) is 11.6 Å². The second-order valence-electron chi connectivity index (χ2n) is 3.75. The fourth-order valence-electron chi connectivity index (χ4n) is 1.97. The van der Waals surface area contributed by atoms with Gasteiger partial charge in [-0.2, -0.15) is 0 Å². The molecule has 1 aliphatic rings. The highest BCUT2D eigenvalue weighted by Crippen LogP contribution is 2.34. The van der Waals surface area contributed by atoms with Crippen LogP contribution in [0.5, 0.6) is 0 Å². The van der Waals surface area contributed by atoms with Gasteiger partial charge in [-0.25, -0.2) is 4.68 Å². The number of nitro groups is 1. The van der Waals surface area contributed by atoms with Crippen LogP contribution in [-0.2, 0) is 11.8 Å². The maximum atomic E-state index is 11.1. The summed E-state index contributed by atoms with van der Waals surface area (Å²) in [7, 11) is 3.33. The first-order chi connectivity index (χ1) is 8.15. The molecule has 0 spiro atoms. The summed E-state index contributed by atoms with van der Waals surface area (Å²) < 4.78 is 6.77. The summed E-state index contributed by atoms with van der Waals surface area (Å²) in [6.07, 6.45) is 0. The number of anilines is 2. The number of hydrogen-bond acceptors (Lipinski definition) is 6. The minimum Gasteiger partial charge on any atom is -0.378 e. The highest BCUT2D eigenvalue weighted by atomic mass is 16.6. The van der Waals surface area contributed by atoms with Gasteiger partial charge in [-0.15, -0.1) is 5.10 Å². The lowest BCUT2D eigenvalue weighted by Crippen LogP contribution is -2.37. The summed E-state index contributed by atoms with van der Waals surface area (Å²) in [6.45, 7) is 2.45. The predicted molar refractivity (Wildman–Crippen MR) is 62.4 cm³/mol. The van der Waals surface area contributed by atoms with Crippen molar-refractivity contribution in [3.8, 4) is 0 Å². The summed E-state index contributed by atoms with van der Waals surface area (Å²) in [4.78, 5) is 12.6. The van der Waals surface area contributed by atoms with Crippen LogP contribution in [0.2, 0.25) is 0 Å². The minimum absolute atomic E-state index is 0.0249. The van der Waals surface area contributed by atoms with Crippen LogP contribution in [0.1, 0.15) is 0 Å². The van der Waals surface area contributed by atoms with Gasteiger partial charge in [-0.3, -0.25) is 10.1 Å². The van der Waals surface area contributed by atoms with Crippen molar-refractivity contribution in [3.63, 3.8) is 0 Å². The van der Waals surface area contributed by atoms with Crippen LogP contribution in [0, 0.1) is 10.1 Å². The lowest BCUT2D eigenvalue weighted by atomic mass is 10.3. The standard InChI is InChI=1S/C9H15N5O3/c1-10-8-7(14(15)16)9(12(2)11-8)13-3-5-17-6-4-13/h3-6H2,1-2H3,(H,10,11). The Bertz CT molecular complexity index is 425. The van der Waals surface area contributed by atoms with Crippen molar-refractivity contribution in [3.05, 3.63) is 10.1 Å². The third-order valence-electron chi connectivity index (χ3n) is 2.72. The topological polar surface area (TPSA) is 85.5 Å². The van der Waals surface area contributed by atoms with Crippen LogP contribution in [0.4, 0.5) is 17.3 Å². The predicted octanol–water partition coefficient (Wildman–Crippen LogP) is 0.207. The van der Waals surface area contributed by atoms with Gasteiger partial charge in [-0.1, -0.05) is 0 Å². The molecule has 2 rings (SSSR count). The summed E-state index contributed by atoms with van der Waals surface area (Å²) in [5.74, 6) is 0.821. The smallest absolute Gasteiger partial charge is 0.354 e. The third kappa shape index (κ3) is 2.03. The molecule has 2 heterocycles. The largest absolute Gasteiger partial charge is 0.378 e. The molecule has 0 amide bonds. The molecular weight excluding hydrogens is 226 g/mol. The molecule has 1 fully saturated rings. The Morgan fingerprint density at radius 3 is 2.65 bits per heavy atom. The molecule has 17 heavy (non-hydrogen) atoms. The summed E-state index contributed by atoms with van der Waals surface area (Å²) in [5.41, 5.74) is 0.0249. The average Bonchev–Trinajstić information content (AvgIpc) is 2.67. The molecule has 0 aliphatic carbocycles. The molecule has 1 aromatic rings. The average molecular weight is 241 g/mol. The number of hydrogen-bond donors (Lipinski definition) is 1. The van der Waals surface area contributed by atoms with E-state index in [9.17, 15) is 10.1 Å². The molecule has 1 N–H and O–H groups in total. The Morgan fingerprint density at radius 1 is 1.47 bits per heavy atom. The first-order valence-corrected chi connectivity index (χ1v) is 5.37. The van der Waals surface area contributed by atoms with Crippen molar-refractivity contribution >= 4 is 17.3 Å². The Morgan fingerprint density at radius 2 is 2.12 bits per heavy atom. The van der Waals surface area contributed by atoms with Crippen LogP contribution >= 0.6 is 0 Å². The minimum atomic E-state index is -0.399. The molecule has 0 radical (unpaired) electrons. The zero-order chi connectivity index (χ0) is 12.4. The Kier molecular flexibility index (Phi) is 3.14. The van der Waals surface area contributed by atoms with E-state index < -0.39 is 4.92 Å². The van der Waals surface area contributed by atoms with Crippen molar-refractivity contribution < 1.29 is 9.66 Å². The van der Waals surface area contributed by atoms with Gasteiger partial charge >= 0.3 is 5.69 Å². The van der Waals surface area contributed by atoms with Gasteiger partial charge in [0.1, 0.15) is 0 Å². The number of nitrogens with one attached hydrogen (secondary N) is 1. The molecule has 8 nitrogen and oxygen atoms in total. The fourth-order valence-corrected chi connectivity index (χ4v) is 1.97. The third-order valence-corrected chi connectivity index (χ3v) is 2.72. The molecule has 1 aromatic heterocycles. The van der Waals surface area contributed by atoms with Crippen molar-refractivity contribution in [1.29, 1.82) is 0 Å². The van der Waals surface area contributed by atoms with Crippen LogP contribution < -0.4 is 10.2 Å². The molecule has 1 saturated heterocycles.